The summed E-state index contributed by atoms with van der Waals surface area (Å²) in [4.78, 5) is 5.12. The Morgan fingerprint density at radius 2 is 1.05 bits per heavy atom. The van der Waals surface area contributed by atoms with Crippen LogP contribution in [0.5, 0.6) is 0 Å². The number of piperidine rings is 2. The molecule has 0 amide bonds. The van der Waals surface area contributed by atoms with E-state index in [1.54, 1.807) is 0 Å². The average Bonchev–Trinajstić information content (AvgIpc) is 2.48. The average molecular weight is 286 g/mol. The van der Waals surface area contributed by atoms with E-state index in [0.717, 1.165) is 12.3 Å². The number of likely N-dealkylation sites (tertiary alicyclic amines) is 2. The predicted octanol–water partition coefficient (Wildman–Crippen LogP) is 1.77. The summed E-state index contributed by atoms with van der Waals surface area (Å²) in [6.07, 6.45) is 10.2. The van der Waals surface area contributed by atoms with E-state index in [-0.39, 0.29) is 0 Å². The van der Waals surface area contributed by atoms with E-state index < -0.39 is 8.56 Å². The van der Waals surface area contributed by atoms with E-state index in [2.05, 4.69) is 9.80 Å². The lowest BCUT2D eigenvalue weighted by atomic mass is 10.1. The van der Waals surface area contributed by atoms with Crippen molar-refractivity contribution in [3.05, 3.63) is 0 Å². The molecule has 2 rings (SSSR count). The summed E-state index contributed by atoms with van der Waals surface area (Å²) < 4.78 is 11.9. The molecule has 112 valence electrons. The SMILES string of the molecule is CO[Si](CN1CCCCC1)(CN1CCCCC1)OC. The van der Waals surface area contributed by atoms with E-state index in [9.17, 15) is 0 Å². The molecule has 0 spiro atoms. The quantitative estimate of drug-likeness (QED) is 0.695. The van der Waals surface area contributed by atoms with Crippen molar-refractivity contribution in [3.63, 3.8) is 0 Å². The third-order valence-electron chi connectivity index (χ3n) is 4.57. The molecule has 0 atom stereocenters. The minimum atomic E-state index is -2.07. The maximum Gasteiger partial charge on any atom is 0.366 e. The summed E-state index contributed by atoms with van der Waals surface area (Å²) in [5.74, 6) is 0. The van der Waals surface area contributed by atoms with Crippen LogP contribution >= 0.6 is 0 Å². The molecule has 4 nitrogen and oxygen atoms in total. The van der Waals surface area contributed by atoms with Crippen molar-refractivity contribution in [1.29, 1.82) is 0 Å². The molecule has 2 saturated heterocycles. The Labute approximate surface area is 119 Å². The van der Waals surface area contributed by atoms with Crippen molar-refractivity contribution >= 4 is 8.56 Å². The van der Waals surface area contributed by atoms with Crippen LogP contribution in [0.4, 0.5) is 0 Å². The second-order valence-electron chi connectivity index (χ2n) is 5.99. The lowest BCUT2D eigenvalue weighted by molar-refractivity contribution is 0.158. The largest absolute Gasteiger partial charge is 0.396 e. The molecule has 0 aliphatic carbocycles. The fourth-order valence-corrected chi connectivity index (χ4v) is 6.09. The van der Waals surface area contributed by atoms with Crippen molar-refractivity contribution in [1.82, 2.24) is 9.80 Å². The van der Waals surface area contributed by atoms with Gasteiger partial charge in [0.15, 0.2) is 0 Å². The van der Waals surface area contributed by atoms with Crippen LogP contribution in [0, 0.1) is 0 Å². The fraction of sp³-hybridized carbons (Fsp3) is 1.00. The Kier molecular flexibility index (Phi) is 6.29. The smallest absolute Gasteiger partial charge is 0.366 e. The first-order valence-corrected chi connectivity index (χ1v) is 10.1. The summed E-state index contributed by atoms with van der Waals surface area (Å²) in [5.41, 5.74) is 0. The normalized spacial score (nSPS) is 23.7. The zero-order valence-electron chi connectivity index (χ0n) is 12.7. The Morgan fingerprint density at radius 3 is 1.37 bits per heavy atom. The van der Waals surface area contributed by atoms with Gasteiger partial charge < -0.3 is 18.7 Å². The molecule has 0 aromatic rings. The molecule has 0 N–H and O–H groups in total. The highest BCUT2D eigenvalue weighted by Crippen LogP contribution is 2.17. The highest BCUT2D eigenvalue weighted by atomic mass is 28.4. The van der Waals surface area contributed by atoms with E-state index in [1.165, 1.54) is 64.7 Å². The first-order chi connectivity index (χ1) is 9.28. The zero-order chi connectivity index (χ0) is 13.6. The van der Waals surface area contributed by atoms with Gasteiger partial charge in [0.25, 0.3) is 0 Å². The van der Waals surface area contributed by atoms with Crippen LogP contribution in [0.1, 0.15) is 38.5 Å². The Hall–Kier alpha value is 0.0569. The van der Waals surface area contributed by atoms with Gasteiger partial charge >= 0.3 is 8.56 Å². The molecule has 2 aliphatic heterocycles. The molecular formula is C14H30N2O2Si. The number of rotatable bonds is 6. The first kappa shape index (κ1) is 15.4. The van der Waals surface area contributed by atoms with Gasteiger partial charge in [-0.15, -0.1) is 0 Å². The summed E-state index contributed by atoms with van der Waals surface area (Å²) in [7, 11) is 1.64. The van der Waals surface area contributed by atoms with Gasteiger partial charge in [-0.2, -0.15) is 0 Å². The molecule has 0 bridgehead atoms. The van der Waals surface area contributed by atoms with Gasteiger partial charge in [0.05, 0.1) is 0 Å². The molecule has 5 heteroatoms. The van der Waals surface area contributed by atoms with Crippen LogP contribution in [0.15, 0.2) is 0 Å². The number of nitrogens with zero attached hydrogens (tertiary/aromatic N) is 2. The van der Waals surface area contributed by atoms with Crippen molar-refractivity contribution in [2.24, 2.45) is 0 Å². The van der Waals surface area contributed by atoms with Crippen molar-refractivity contribution in [3.8, 4) is 0 Å². The number of hydrogen-bond donors (Lipinski definition) is 0. The maximum absolute atomic E-state index is 5.93. The third-order valence-corrected chi connectivity index (χ3v) is 7.92. The lowest BCUT2D eigenvalue weighted by Gasteiger charge is -2.39. The minimum Gasteiger partial charge on any atom is -0.396 e. The minimum absolute atomic E-state index is 1.04. The van der Waals surface area contributed by atoms with Crippen LogP contribution in [-0.4, -0.2) is 71.1 Å². The van der Waals surface area contributed by atoms with E-state index >= 15 is 0 Å². The van der Waals surface area contributed by atoms with Gasteiger partial charge in [-0.25, -0.2) is 0 Å². The lowest BCUT2D eigenvalue weighted by Crippen LogP contribution is -2.60. The molecule has 2 fully saturated rings. The van der Waals surface area contributed by atoms with Gasteiger partial charge in [0.1, 0.15) is 0 Å². The Bertz CT molecular complexity index is 228. The molecule has 0 aromatic carbocycles. The summed E-state index contributed by atoms with van der Waals surface area (Å²) in [6, 6.07) is 0. The van der Waals surface area contributed by atoms with Gasteiger partial charge in [-0.05, 0) is 51.9 Å². The molecule has 0 radical (unpaired) electrons. The van der Waals surface area contributed by atoms with E-state index in [1.807, 2.05) is 14.2 Å². The first-order valence-electron chi connectivity index (χ1n) is 7.83. The maximum atomic E-state index is 5.93. The van der Waals surface area contributed by atoms with Gasteiger partial charge in [-0.1, -0.05) is 12.8 Å². The molecular weight excluding hydrogens is 256 g/mol. The van der Waals surface area contributed by atoms with Gasteiger partial charge in [0, 0.05) is 26.6 Å². The Balaban J connectivity index is 1.90. The van der Waals surface area contributed by atoms with Gasteiger partial charge in [-0.3, -0.25) is 0 Å². The second-order valence-corrected chi connectivity index (χ2v) is 9.26. The molecule has 2 aliphatic rings. The third kappa shape index (κ3) is 4.53. The molecule has 19 heavy (non-hydrogen) atoms. The molecule has 0 saturated carbocycles. The van der Waals surface area contributed by atoms with Crippen LogP contribution in [-0.2, 0) is 8.85 Å². The van der Waals surface area contributed by atoms with Crippen molar-refractivity contribution < 1.29 is 8.85 Å². The monoisotopic (exact) mass is 286 g/mol. The highest BCUT2D eigenvalue weighted by Gasteiger charge is 2.40. The second kappa shape index (κ2) is 7.74. The summed E-state index contributed by atoms with van der Waals surface area (Å²) >= 11 is 0. The van der Waals surface area contributed by atoms with Gasteiger partial charge in [0.2, 0.25) is 0 Å². The molecule has 2 heterocycles. The summed E-state index contributed by atoms with van der Waals surface area (Å²) in [5, 5.41) is 0. The van der Waals surface area contributed by atoms with Crippen LogP contribution in [0.2, 0.25) is 0 Å². The van der Waals surface area contributed by atoms with Crippen molar-refractivity contribution in [2.75, 3.05) is 52.7 Å². The number of hydrogen-bond acceptors (Lipinski definition) is 4. The topological polar surface area (TPSA) is 24.9 Å². The standard InChI is InChI=1S/C14H30N2O2Si/c1-17-19(18-2,13-15-9-5-3-6-10-15)14-16-11-7-4-8-12-16/h3-14H2,1-2H3. The Morgan fingerprint density at radius 1 is 0.684 bits per heavy atom. The van der Waals surface area contributed by atoms with E-state index in [0.29, 0.717) is 0 Å². The van der Waals surface area contributed by atoms with E-state index in [4.69, 9.17) is 8.85 Å². The zero-order valence-corrected chi connectivity index (χ0v) is 13.7. The predicted molar refractivity (Wildman–Crippen MR) is 80.4 cm³/mol. The summed E-state index contributed by atoms with van der Waals surface area (Å²) in [6.45, 7) is 4.89. The fourth-order valence-electron chi connectivity index (χ4n) is 3.31. The van der Waals surface area contributed by atoms with Crippen LogP contribution in [0.25, 0.3) is 0 Å². The molecule has 0 unspecified atom stereocenters. The highest BCUT2D eigenvalue weighted by molar-refractivity contribution is 6.67. The molecule has 0 aromatic heterocycles. The van der Waals surface area contributed by atoms with Crippen LogP contribution in [0.3, 0.4) is 0 Å². The van der Waals surface area contributed by atoms with Crippen molar-refractivity contribution in [2.45, 2.75) is 38.5 Å². The van der Waals surface area contributed by atoms with Crippen LogP contribution < -0.4 is 0 Å².